The van der Waals surface area contributed by atoms with Gasteiger partial charge < -0.3 is 14.3 Å². The number of methoxy groups -OCH3 is 1. The standard InChI is InChI=1S/C22H32ClNO7S/c1-6-9-17(24-30-11-8-10-23)20-18(26)13-16(12-14(3)32(28)7-2)19(22(27)29-5)21(20)31-15(4)25/h8,10,14,16,19H,6-7,9,11-13H2,1-5H3. The Morgan fingerprint density at radius 1 is 1.34 bits per heavy atom. The van der Waals surface area contributed by atoms with E-state index in [-0.39, 0.29) is 41.1 Å². The van der Waals surface area contributed by atoms with Gasteiger partial charge in [-0.05, 0) is 24.8 Å². The molecule has 0 radical (unpaired) electrons. The van der Waals surface area contributed by atoms with E-state index in [0.717, 1.165) is 0 Å². The molecule has 0 aliphatic heterocycles. The summed E-state index contributed by atoms with van der Waals surface area (Å²) in [5.74, 6) is -2.77. The Bertz CT molecular complexity index is 806. The van der Waals surface area contributed by atoms with E-state index in [0.29, 0.717) is 25.0 Å². The Hall–Kier alpha value is -2.00. The van der Waals surface area contributed by atoms with Gasteiger partial charge in [0.1, 0.15) is 18.3 Å². The second-order valence-electron chi connectivity index (χ2n) is 7.38. The molecule has 0 N–H and O–H groups in total. The van der Waals surface area contributed by atoms with Crippen molar-refractivity contribution >= 4 is 45.8 Å². The molecular weight excluding hydrogens is 458 g/mol. The van der Waals surface area contributed by atoms with Gasteiger partial charge >= 0.3 is 11.9 Å². The smallest absolute Gasteiger partial charge is 0.316 e. The molecule has 0 spiro atoms. The minimum atomic E-state index is -1.11. The van der Waals surface area contributed by atoms with Crippen LogP contribution in [0.3, 0.4) is 0 Å². The molecule has 4 unspecified atom stereocenters. The molecule has 1 rings (SSSR count). The Kier molecular flexibility index (Phi) is 12.4. The van der Waals surface area contributed by atoms with E-state index in [1.807, 2.05) is 20.8 Å². The molecule has 0 bridgehead atoms. The molecule has 0 saturated carbocycles. The summed E-state index contributed by atoms with van der Waals surface area (Å²) in [7, 11) is 0.121. The first-order chi connectivity index (χ1) is 15.2. The van der Waals surface area contributed by atoms with E-state index in [2.05, 4.69) is 5.16 Å². The number of oxime groups is 1. The number of ketones is 1. The number of halogens is 1. The molecule has 0 heterocycles. The van der Waals surface area contributed by atoms with Crippen LogP contribution in [0.4, 0.5) is 0 Å². The molecule has 1 aliphatic rings. The first-order valence-corrected chi connectivity index (χ1v) is 12.4. The van der Waals surface area contributed by atoms with Crippen molar-refractivity contribution in [3.63, 3.8) is 0 Å². The Morgan fingerprint density at radius 3 is 2.56 bits per heavy atom. The van der Waals surface area contributed by atoms with Crippen molar-refractivity contribution in [2.75, 3.05) is 19.5 Å². The SMILES string of the molecule is CCCC(=NOCC=CCl)C1=C(OC(C)=O)C(C(=O)OC)C(CC(C)S(=O)CC)CC1=O. The number of carbonyl (C=O) groups excluding carboxylic acids is 3. The molecule has 180 valence electrons. The highest BCUT2D eigenvalue weighted by atomic mass is 35.5. The topological polar surface area (TPSA) is 108 Å². The lowest BCUT2D eigenvalue weighted by atomic mass is 9.74. The molecule has 0 amide bonds. The van der Waals surface area contributed by atoms with Crippen LogP contribution < -0.4 is 0 Å². The second-order valence-corrected chi connectivity index (χ2v) is 9.78. The molecule has 0 fully saturated rings. The first-order valence-electron chi connectivity index (χ1n) is 10.6. The molecule has 1 aliphatic carbocycles. The van der Waals surface area contributed by atoms with E-state index in [1.165, 1.54) is 25.6 Å². The van der Waals surface area contributed by atoms with Gasteiger partial charge in [0.05, 0.1) is 18.4 Å². The lowest BCUT2D eigenvalue weighted by Gasteiger charge is -2.33. The maximum absolute atomic E-state index is 13.2. The van der Waals surface area contributed by atoms with Gasteiger partial charge in [0.25, 0.3) is 0 Å². The molecular formula is C22H32ClNO7S. The zero-order valence-corrected chi connectivity index (χ0v) is 20.8. The summed E-state index contributed by atoms with van der Waals surface area (Å²) < 4.78 is 22.7. The second kappa shape index (κ2) is 14.2. The van der Waals surface area contributed by atoms with Crippen LogP contribution in [0.1, 0.15) is 53.4 Å². The monoisotopic (exact) mass is 489 g/mol. The lowest BCUT2D eigenvalue weighted by Crippen LogP contribution is -2.39. The quantitative estimate of drug-likeness (QED) is 0.178. The van der Waals surface area contributed by atoms with Gasteiger partial charge in [-0.15, -0.1) is 0 Å². The number of allylic oxidation sites excluding steroid dienone is 1. The third-order valence-electron chi connectivity index (χ3n) is 5.01. The normalized spacial score (nSPS) is 21.4. The highest BCUT2D eigenvalue weighted by Gasteiger charge is 2.45. The minimum Gasteiger partial charge on any atom is -0.468 e. The highest BCUT2D eigenvalue weighted by Crippen LogP contribution is 2.39. The number of hydrogen-bond donors (Lipinski definition) is 0. The Balaban J connectivity index is 3.58. The number of esters is 2. The predicted molar refractivity (Wildman–Crippen MR) is 123 cm³/mol. The van der Waals surface area contributed by atoms with Crippen molar-refractivity contribution in [1.29, 1.82) is 0 Å². The highest BCUT2D eigenvalue weighted by molar-refractivity contribution is 7.85. The molecule has 0 aromatic carbocycles. The third kappa shape index (κ3) is 7.85. The zero-order chi connectivity index (χ0) is 24.3. The summed E-state index contributed by atoms with van der Waals surface area (Å²) in [6, 6.07) is 0. The van der Waals surface area contributed by atoms with E-state index in [1.54, 1.807) is 0 Å². The summed E-state index contributed by atoms with van der Waals surface area (Å²) in [5, 5.41) is 3.82. The van der Waals surface area contributed by atoms with Crippen molar-refractivity contribution < 1.29 is 32.9 Å². The molecule has 4 atom stereocenters. The van der Waals surface area contributed by atoms with Gasteiger partial charge in [-0.25, -0.2) is 0 Å². The summed E-state index contributed by atoms with van der Waals surface area (Å²) in [4.78, 5) is 43.2. The van der Waals surface area contributed by atoms with Gasteiger partial charge in [0.15, 0.2) is 5.78 Å². The van der Waals surface area contributed by atoms with Crippen LogP contribution in [-0.2, 0) is 39.5 Å². The van der Waals surface area contributed by atoms with Crippen LogP contribution in [-0.4, -0.2) is 52.4 Å². The van der Waals surface area contributed by atoms with E-state index in [4.69, 9.17) is 25.9 Å². The van der Waals surface area contributed by atoms with Crippen molar-refractivity contribution in [2.45, 2.75) is 58.6 Å². The maximum atomic E-state index is 13.2. The number of Topliss-reactive ketones (excluding diaryl/α,β-unsaturated/α-hetero) is 1. The van der Waals surface area contributed by atoms with Crippen LogP contribution >= 0.6 is 11.6 Å². The molecule has 32 heavy (non-hydrogen) atoms. The first kappa shape index (κ1) is 28.0. The van der Waals surface area contributed by atoms with Crippen LogP contribution in [0.2, 0.25) is 0 Å². The van der Waals surface area contributed by atoms with Gasteiger partial charge in [-0.3, -0.25) is 18.6 Å². The van der Waals surface area contributed by atoms with Gasteiger partial charge in [-0.1, -0.05) is 43.9 Å². The minimum absolute atomic E-state index is 0.00936. The molecule has 10 heteroatoms. The fourth-order valence-corrected chi connectivity index (χ4v) is 4.75. The zero-order valence-electron chi connectivity index (χ0n) is 19.2. The van der Waals surface area contributed by atoms with Gasteiger partial charge in [-0.2, -0.15) is 0 Å². The summed E-state index contributed by atoms with van der Waals surface area (Å²) in [6.45, 7) is 6.80. The fraction of sp³-hybridized carbons (Fsp3) is 0.636. The fourth-order valence-electron chi connectivity index (χ4n) is 3.65. The number of ether oxygens (including phenoxy) is 2. The van der Waals surface area contributed by atoms with Crippen LogP contribution in [0.15, 0.2) is 28.1 Å². The number of carbonyl (C=O) groups is 3. The summed E-state index contributed by atoms with van der Waals surface area (Å²) in [6.07, 6.45) is 2.87. The van der Waals surface area contributed by atoms with Gasteiger partial charge in [0, 0.05) is 40.7 Å². The van der Waals surface area contributed by atoms with Crippen molar-refractivity contribution in [3.8, 4) is 0 Å². The van der Waals surface area contributed by atoms with Crippen molar-refractivity contribution in [2.24, 2.45) is 17.0 Å². The third-order valence-corrected chi connectivity index (χ3v) is 6.85. The van der Waals surface area contributed by atoms with Crippen LogP contribution in [0.5, 0.6) is 0 Å². The molecule has 0 aromatic rings. The number of nitrogens with zero attached hydrogens (tertiary/aromatic N) is 1. The van der Waals surface area contributed by atoms with Gasteiger partial charge in [0.2, 0.25) is 0 Å². The lowest BCUT2D eigenvalue weighted by molar-refractivity contribution is -0.150. The number of rotatable bonds is 12. The average Bonchev–Trinajstić information content (AvgIpc) is 2.74. The largest absolute Gasteiger partial charge is 0.468 e. The summed E-state index contributed by atoms with van der Waals surface area (Å²) >= 11 is 5.49. The van der Waals surface area contributed by atoms with Crippen LogP contribution in [0.25, 0.3) is 0 Å². The maximum Gasteiger partial charge on any atom is 0.316 e. The summed E-state index contributed by atoms with van der Waals surface area (Å²) in [5.41, 5.74) is 1.63. The van der Waals surface area contributed by atoms with Crippen molar-refractivity contribution in [1.82, 2.24) is 0 Å². The Morgan fingerprint density at radius 2 is 2.03 bits per heavy atom. The predicted octanol–water partition coefficient (Wildman–Crippen LogP) is 3.65. The molecule has 0 saturated heterocycles. The molecule has 8 nitrogen and oxygen atoms in total. The van der Waals surface area contributed by atoms with Crippen LogP contribution in [0, 0.1) is 11.8 Å². The Labute approximate surface area is 196 Å². The van der Waals surface area contributed by atoms with E-state index >= 15 is 0 Å². The van der Waals surface area contributed by atoms with E-state index in [9.17, 15) is 18.6 Å². The average molecular weight is 490 g/mol. The number of hydrogen-bond acceptors (Lipinski definition) is 8. The molecule has 0 aromatic heterocycles. The van der Waals surface area contributed by atoms with E-state index < -0.39 is 34.6 Å². The van der Waals surface area contributed by atoms with Crippen molar-refractivity contribution in [3.05, 3.63) is 22.9 Å².